The van der Waals surface area contributed by atoms with Gasteiger partial charge in [0.1, 0.15) is 23.6 Å². The van der Waals surface area contributed by atoms with Crippen LogP contribution in [-0.2, 0) is 4.74 Å². The average molecular weight is 418 g/mol. The molecule has 7 heteroatoms. The average Bonchev–Trinajstić information content (AvgIpc) is 3.24. The summed E-state index contributed by atoms with van der Waals surface area (Å²) in [5.74, 6) is 0.647. The highest BCUT2D eigenvalue weighted by Gasteiger charge is 2.19. The van der Waals surface area contributed by atoms with Gasteiger partial charge in [-0.1, -0.05) is 6.07 Å². The van der Waals surface area contributed by atoms with E-state index in [-0.39, 0.29) is 6.10 Å². The first-order valence-electron chi connectivity index (χ1n) is 10.9. The normalized spacial score (nSPS) is 18.3. The number of hydrogen-bond donors (Lipinski definition) is 1. The Balaban J connectivity index is 1.44. The molecule has 2 fully saturated rings. The van der Waals surface area contributed by atoms with Crippen LogP contribution >= 0.6 is 0 Å². The van der Waals surface area contributed by atoms with Crippen molar-refractivity contribution >= 4 is 16.7 Å². The lowest BCUT2D eigenvalue weighted by Gasteiger charge is -2.33. The third-order valence-electron chi connectivity index (χ3n) is 6.26. The van der Waals surface area contributed by atoms with Gasteiger partial charge in [-0.2, -0.15) is 5.26 Å². The zero-order valence-corrected chi connectivity index (χ0v) is 17.8. The Morgan fingerprint density at radius 1 is 1.16 bits per heavy atom. The van der Waals surface area contributed by atoms with Crippen molar-refractivity contribution in [3.63, 3.8) is 0 Å². The summed E-state index contributed by atoms with van der Waals surface area (Å²) in [7, 11) is 2.16. The van der Waals surface area contributed by atoms with E-state index < -0.39 is 0 Å². The molecule has 0 aliphatic carbocycles. The van der Waals surface area contributed by atoms with Crippen molar-refractivity contribution in [2.75, 3.05) is 51.3 Å². The number of likely N-dealkylation sites (N-methyl/N-ethyl adjacent to an activating group) is 1. The van der Waals surface area contributed by atoms with Crippen molar-refractivity contribution in [2.45, 2.75) is 18.9 Å². The van der Waals surface area contributed by atoms with Crippen LogP contribution in [-0.4, -0.2) is 67.4 Å². The number of aromatic amines is 1. The van der Waals surface area contributed by atoms with Crippen molar-refractivity contribution in [2.24, 2.45) is 0 Å². The van der Waals surface area contributed by atoms with Crippen molar-refractivity contribution in [1.29, 1.82) is 5.26 Å². The van der Waals surface area contributed by atoms with Crippen LogP contribution in [0.1, 0.15) is 18.4 Å². The summed E-state index contributed by atoms with van der Waals surface area (Å²) in [5, 5.41) is 10.8. The molecule has 0 bridgehead atoms. The third kappa shape index (κ3) is 4.09. The van der Waals surface area contributed by atoms with Gasteiger partial charge in [0.15, 0.2) is 0 Å². The number of nitriles is 1. The molecule has 1 N–H and O–H groups in total. The first-order valence-corrected chi connectivity index (χ1v) is 10.9. The highest BCUT2D eigenvalue weighted by Crippen LogP contribution is 2.33. The molecule has 0 unspecified atom stereocenters. The molecule has 2 aliphatic rings. The second-order valence-corrected chi connectivity index (χ2v) is 8.33. The summed E-state index contributed by atoms with van der Waals surface area (Å²) in [4.78, 5) is 12.7. The van der Waals surface area contributed by atoms with Crippen LogP contribution in [0.2, 0.25) is 0 Å². The zero-order valence-electron chi connectivity index (χ0n) is 17.8. The fraction of sp³-hybridized carbons (Fsp3) is 0.417. The van der Waals surface area contributed by atoms with Gasteiger partial charge in [-0.05, 0) is 30.8 Å². The molecule has 0 spiro atoms. The maximum Gasteiger partial charge on any atom is 0.138 e. The minimum Gasteiger partial charge on any atom is -0.489 e. The van der Waals surface area contributed by atoms with E-state index in [1.807, 2.05) is 30.6 Å². The Morgan fingerprint density at radius 3 is 2.74 bits per heavy atom. The van der Waals surface area contributed by atoms with Crippen LogP contribution < -0.4 is 9.64 Å². The molecule has 7 nitrogen and oxygen atoms in total. The molecule has 2 saturated heterocycles. The fourth-order valence-electron chi connectivity index (χ4n) is 4.33. The number of pyridine rings is 1. The number of rotatable bonds is 4. The highest BCUT2D eigenvalue weighted by molar-refractivity contribution is 5.95. The molecule has 160 valence electrons. The van der Waals surface area contributed by atoms with Gasteiger partial charge in [0.25, 0.3) is 0 Å². The maximum absolute atomic E-state index is 9.73. The molecule has 0 amide bonds. The summed E-state index contributed by atoms with van der Waals surface area (Å²) in [6.07, 6.45) is 5.74. The smallest absolute Gasteiger partial charge is 0.138 e. The van der Waals surface area contributed by atoms with Gasteiger partial charge in [0, 0.05) is 56.2 Å². The predicted octanol–water partition coefficient (Wildman–Crippen LogP) is 3.41. The highest BCUT2D eigenvalue weighted by atomic mass is 16.5. The van der Waals surface area contributed by atoms with Crippen molar-refractivity contribution < 1.29 is 9.47 Å². The minimum atomic E-state index is 0.107. The van der Waals surface area contributed by atoms with Gasteiger partial charge in [-0.15, -0.1) is 0 Å². The van der Waals surface area contributed by atoms with E-state index in [1.165, 1.54) is 0 Å². The largest absolute Gasteiger partial charge is 0.489 e. The van der Waals surface area contributed by atoms with Crippen molar-refractivity contribution in [3.8, 4) is 22.9 Å². The number of aromatic nitrogens is 2. The molecule has 31 heavy (non-hydrogen) atoms. The number of hydrogen-bond acceptors (Lipinski definition) is 6. The molecule has 3 aromatic rings. The number of nitrogens with one attached hydrogen (secondary N) is 1. The summed E-state index contributed by atoms with van der Waals surface area (Å²) in [5.41, 5.74) is 4.59. The van der Waals surface area contributed by atoms with Gasteiger partial charge >= 0.3 is 0 Å². The number of H-pyrrole nitrogens is 1. The van der Waals surface area contributed by atoms with E-state index in [0.717, 1.165) is 66.9 Å². The summed E-state index contributed by atoms with van der Waals surface area (Å²) in [6, 6.07) is 10.4. The first-order chi connectivity index (χ1) is 15.2. The predicted molar refractivity (Wildman–Crippen MR) is 120 cm³/mol. The third-order valence-corrected chi connectivity index (χ3v) is 6.26. The van der Waals surface area contributed by atoms with E-state index in [9.17, 15) is 5.26 Å². The SMILES string of the molecule is CN1CCN(c2cnc3[nH]cc(-c4ccc(OC5CCOCC5)c(C#N)c4)c3c2)CC1. The Morgan fingerprint density at radius 2 is 1.97 bits per heavy atom. The maximum atomic E-state index is 9.73. The quantitative estimate of drug-likeness (QED) is 0.701. The summed E-state index contributed by atoms with van der Waals surface area (Å²) < 4.78 is 11.5. The molecule has 0 atom stereocenters. The van der Waals surface area contributed by atoms with Crippen LogP contribution in [0.3, 0.4) is 0 Å². The molecule has 5 rings (SSSR count). The lowest BCUT2D eigenvalue weighted by atomic mass is 10.0. The molecule has 2 aliphatic heterocycles. The molecule has 4 heterocycles. The lowest BCUT2D eigenvalue weighted by molar-refractivity contribution is 0.0254. The zero-order chi connectivity index (χ0) is 21.2. The number of fused-ring (bicyclic) bond motifs is 1. The van der Waals surface area contributed by atoms with Crippen LogP contribution in [0.15, 0.2) is 36.7 Å². The molecule has 0 saturated carbocycles. The number of benzene rings is 1. The Labute approximate surface area is 182 Å². The second-order valence-electron chi connectivity index (χ2n) is 8.33. The summed E-state index contributed by atoms with van der Waals surface area (Å²) in [6.45, 7) is 5.53. The number of piperazine rings is 1. The lowest BCUT2D eigenvalue weighted by Crippen LogP contribution is -2.44. The minimum absolute atomic E-state index is 0.107. The first kappa shape index (κ1) is 19.9. The van der Waals surface area contributed by atoms with Crippen molar-refractivity contribution in [3.05, 3.63) is 42.2 Å². The van der Waals surface area contributed by atoms with Crippen LogP contribution in [0.25, 0.3) is 22.2 Å². The number of nitrogens with zero attached hydrogens (tertiary/aromatic N) is 4. The van der Waals surface area contributed by atoms with E-state index in [4.69, 9.17) is 9.47 Å². The van der Waals surface area contributed by atoms with Crippen LogP contribution in [0.5, 0.6) is 5.75 Å². The van der Waals surface area contributed by atoms with Gasteiger partial charge in [-0.3, -0.25) is 0 Å². The molecule has 0 radical (unpaired) electrons. The Kier molecular flexibility index (Phi) is 5.49. The fourth-order valence-corrected chi connectivity index (χ4v) is 4.33. The van der Waals surface area contributed by atoms with E-state index >= 15 is 0 Å². The number of anilines is 1. The van der Waals surface area contributed by atoms with Gasteiger partial charge in [-0.25, -0.2) is 4.98 Å². The van der Waals surface area contributed by atoms with Crippen LogP contribution in [0.4, 0.5) is 5.69 Å². The topological polar surface area (TPSA) is 77.4 Å². The van der Waals surface area contributed by atoms with Crippen molar-refractivity contribution in [1.82, 2.24) is 14.9 Å². The molecular formula is C24H27N5O2. The second kappa shape index (κ2) is 8.58. The number of ether oxygens (including phenoxy) is 2. The molecular weight excluding hydrogens is 390 g/mol. The van der Waals surface area contributed by atoms with E-state index in [2.05, 4.69) is 39.0 Å². The van der Waals surface area contributed by atoms with E-state index in [1.54, 1.807) is 0 Å². The standard InChI is InChI=1S/C24H27N5O2/c1-28-6-8-29(9-7-28)19-13-21-22(16-27-24(21)26-15-19)17-2-3-23(18(12-17)14-25)31-20-4-10-30-11-5-20/h2-3,12-13,15-16,20H,4-11H2,1H3,(H,26,27). The van der Waals surface area contributed by atoms with Crippen LogP contribution in [0, 0.1) is 11.3 Å². The monoisotopic (exact) mass is 417 g/mol. The van der Waals surface area contributed by atoms with Gasteiger partial charge < -0.3 is 24.3 Å². The Hall–Kier alpha value is -3.08. The molecule has 1 aromatic carbocycles. The van der Waals surface area contributed by atoms with Gasteiger partial charge in [0.2, 0.25) is 0 Å². The molecule has 2 aromatic heterocycles. The van der Waals surface area contributed by atoms with E-state index in [0.29, 0.717) is 24.5 Å². The van der Waals surface area contributed by atoms with Gasteiger partial charge in [0.05, 0.1) is 30.7 Å². The summed E-state index contributed by atoms with van der Waals surface area (Å²) >= 11 is 0. The Bertz CT molecular complexity index is 1100.